The van der Waals surface area contributed by atoms with E-state index in [4.69, 9.17) is 9.47 Å². The Kier molecular flexibility index (Phi) is 11.2. The van der Waals surface area contributed by atoms with Gasteiger partial charge in [-0.1, -0.05) is 24.3 Å². The molecule has 3 amide bonds. The van der Waals surface area contributed by atoms with Gasteiger partial charge >= 0.3 is 0 Å². The summed E-state index contributed by atoms with van der Waals surface area (Å²) >= 11 is 3.58. The van der Waals surface area contributed by atoms with E-state index in [0.717, 1.165) is 14.2 Å². The van der Waals surface area contributed by atoms with Gasteiger partial charge in [-0.2, -0.15) is 0 Å². The number of nitrogens with one attached hydrogen (secondary N) is 3. The summed E-state index contributed by atoms with van der Waals surface area (Å²) in [5.74, 6) is -0.0536. The third-order valence-electron chi connectivity index (χ3n) is 6.16. The van der Waals surface area contributed by atoms with Crippen LogP contribution in [0.3, 0.4) is 0 Å². The Balaban J connectivity index is 1.53. The number of thioether (sulfide) groups is 1. The lowest BCUT2D eigenvalue weighted by atomic mass is 10.1. The number of halogens is 1. The molecule has 0 saturated carbocycles. The van der Waals surface area contributed by atoms with Gasteiger partial charge in [0.05, 0.1) is 19.5 Å². The van der Waals surface area contributed by atoms with Crippen LogP contribution in [0.1, 0.15) is 22.8 Å². The van der Waals surface area contributed by atoms with Crippen LogP contribution in [0.15, 0.2) is 108 Å². The first-order valence-corrected chi connectivity index (χ1v) is 15.2. The van der Waals surface area contributed by atoms with Crippen LogP contribution in [0.2, 0.25) is 0 Å². The van der Waals surface area contributed by atoms with Crippen molar-refractivity contribution in [2.45, 2.75) is 17.1 Å². The van der Waals surface area contributed by atoms with Crippen LogP contribution in [0.4, 0.5) is 11.4 Å². The SMILES string of the molecule is COc1ccc(/C=C(/NC(=O)c2ccccc2)C(=O)Nc2cccc(SC(C)C(=O)Nc3ccc(I)cc3)c2)c(OC)c1. The molecule has 1 atom stereocenters. The molecule has 3 N–H and O–H groups in total. The Labute approximate surface area is 268 Å². The minimum absolute atomic E-state index is 0.0145. The molecule has 0 bridgehead atoms. The molecule has 0 aliphatic rings. The minimum Gasteiger partial charge on any atom is -0.497 e. The summed E-state index contributed by atoms with van der Waals surface area (Å²) < 4.78 is 11.8. The number of carbonyl (C=O) groups excluding carboxylic acids is 3. The van der Waals surface area contributed by atoms with E-state index in [2.05, 4.69) is 38.5 Å². The number of rotatable bonds is 11. The normalized spacial score (nSPS) is 11.7. The Morgan fingerprint density at radius 2 is 1.56 bits per heavy atom. The molecule has 4 aromatic carbocycles. The van der Waals surface area contributed by atoms with E-state index in [-0.39, 0.29) is 11.6 Å². The lowest BCUT2D eigenvalue weighted by Gasteiger charge is -2.15. The van der Waals surface area contributed by atoms with Crippen molar-refractivity contribution in [3.05, 3.63) is 117 Å². The second kappa shape index (κ2) is 15.3. The number of methoxy groups -OCH3 is 2. The van der Waals surface area contributed by atoms with Crippen molar-refractivity contribution in [1.82, 2.24) is 5.32 Å². The summed E-state index contributed by atoms with van der Waals surface area (Å²) in [5.41, 5.74) is 2.21. The van der Waals surface area contributed by atoms with Crippen molar-refractivity contribution >= 4 is 69.5 Å². The molecular formula is C33H30IN3O5S. The van der Waals surface area contributed by atoms with Crippen LogP contribution in [-0.4, -0.2) is 37.2 Å². The predicted molar refractivity (Wildman–Crippen MR) is 180 cm³/mol. The molecule has 4 aromatic rings. The van der Waals surface area contributed by atoms with Crippen LogP contribution in [0.25, 0.3) is 6.08 Å². The second-order valence-electron chi connectivity index (χ2n) is 9.22. The fourth-order valence-corrected chi connectivity index (χ4v) is 5.20. The number of hydrogen-bond donors (Lipinski definition) is 3. The molecule has 43 heavy (non-hydrogen) atoms. The van der Waals surface area contributed by atoms with E-state index in [1.54, 1.807) is 79.9 Å². The smallest absolute Gasteiger partial charge is 0.272 e. The van der Waals surface area contributed by atoms with E-state index in [1.165, 1.54) is 18.9 Å². The fraction of sp³-hybridized carbons (Fsp3) is 0.121. The molecule has 0 spiro atoms. The Morgan fingerprint density at radius 1 is 0.814 bits per heavy atom. The standard InChI is InChI=1S/C33H30IN3O5S/c1-21(31(38)35-25-15-13-24(34)14-16-25)43-28-11-7-10-26(19-28)36-33(40)29(37-32(39)22-8-5-4-6-9-22)18-23-12-17-27(41-2)20-30(23)42-3/h4-21H,1-3H3,(H,35,38)(H,36,40)(H,37,39)/b29-18+. The second-order valence-corrected chi connectivity index (χ2v) is 11.9. The van der Waals surface area contributed by atoms with Gasteiger partial charge in [-0.15, -0.1) is 11.8 Å². The molecular weight excluding hydrogens is 677 g/mol. The molecule has 0 radical (unpaired) electrons. The molecule has 0 aromatic heterocycles. The summed E-state index contributed by atoms with van der Waals surface area (Å²) in [7, 11) is 3.06. The van der Waals surface area contributed by atoms with Gasteiger partial charge in [0.25, 0.3) is 11.8 Å². The monoisotopic (exact) mass is 707 g/mol. The van der Waals surface area contributed by atoms with Gasteiger partial charge in [-0.25, -0.2) is 0 Å². The van der Waals surface area contributed by atoms with E-state index >= 15 is 0 Å². The zero-order chi connectivity index (χ0) is 30.8. The Bertz CT molecular complexity index is 1630. The van der Waals surface area contributed by atoms with Crippen molar-refractivity contribution in [2.24, 2.45) is 0 Å². The molecule has 220 valence electrons. The molecule has 1 unspecified atom stereocenters. The van der Waals surface area contributed by atoms with Crippen molar-refractivity contribution in [3.8, 4) is 11.5 Å². The first kappa shape index (κ1) is 31.6. The zero-order valence-electron chi connectivity index (χ0n) is 23.7. The first-order valence-electron chi connectivity index (χ1n) is 13.2. The van der Waals surface area contributed by atoms with Crippen LogP contribution >= 0.6 is 34.4 Å². The number of carbonyl (C=O) groups is 3. The van der Waals surface area contributed by atoms with Crippen LogP contribution in [-0.2, 0) is 9.59 Å². The summed E-state index contributed by atoms with van der Waals surface area (Å²) in [6, 6.07) is 28.5. The Morgan fingerprint density at radius 3 is 2.26 bits per heavy atom. The number of amides is 3. The van der Waals surface area contributed by atoms with Gasteiger partial charge in [-0.05, 0) is 102 Å². The quantitative estimate of drug-likeness (QED) is 0.0897. The average molecular weight is 708 g/mol. The van der Waals surface area contributed by atoms with Crippen LogP contribution < -0.4 is 25.4 Å². The third kappa shape index (κ3) is 9.10. The van der Waals surface area contributed by atoms with Crippen molar-refractivity contribution in [1.29, 1.82) is 0 Å². The van der Waals surface area contributed by atoms with E-state index in [9.17, 15) is 14.4 Å². The molecule has 0 heterocycles. The van der Waals surface area contributed by atoms with Gasteiger partial charge in [0.15, 0.2) is 0 Å². The molecule has 0 aliphatic carbocycles. The third-order valence-corrected chi connectivity index (χ3v) is 7.97. The molecule has 0 saturated heterocycles. The zero-order valence-corrected chi connectivity index (χ0v) is 26.7. The Hall–Kier alpha value is -4.29. The topological polar surface area (TPSA) is 106 Å². The highest BCUT2D eigenvalue weighted by Gasteiger charge is 2.18. The first-order chi connectivity index (χ1) is 20.7. The van der Waals surface area contributed by atoms with E-state index < -0.39 is 17.1 Å². The highest BCUT2D eigenvalue weighted by atomic mass is 127. The lowest BCUT2D eigenvalue weighted by Crippen LogP contribution is -2.30. The van der Waals surface area contributed by atoms with Crippen LogP contribution in [0.5, 0.6) is 11.5 Å². The maximum atomic E-state index is 13.5. The van der Waals surface area contributed by atoms with Gasteiger partial charge < -0.3 is 25.4 Å². The summed E-state index contributed by atoms with van der Waals surface area (Å²) in [6.45, 7) is 1.82. The van der Waals surface area contributed by atoms with Crippen molar-refractivity contribution < 1.29 is 23.9 Å². The van der Waals surface area contributed by atoms with Crippen LogP contribution in [0, 0.1) is 3.57 Å². The number of anilines is 2. The molecule has 0 fully saturated rings. The molecule has 0 aliphatic heterocycles. The predicted octanol–water partition coefficient (Wildman–Crippen LogP) is 6.84. The maximum absolute atomic E-state index is 13.5. The van der Waals surface area contributed by atoms with Crippen molar-refractivity contribution in [2.75, 3.05) is 24.9 Å². The van der Waals surface area contributed by atoms with Gasteiger partial charge in [-0.3, -0.25) is 14.4 Å². The lowest BCUT2D eigenvalue weighted by molar-refractivity contribution is -0.115. The number of ether oxygens (including phenoxy) is 2. The minimum atomic E-state index is -0.534. The largest absolute Gasteiger partial charge is 0.497 e. The van der Waals surface area contributed by atoms with Gasteiger partial charge in [0.2, 0.25) is 5.91 Å². The highest BCUT2D eigenvalue weighted by molar-refractivity contribution is 14.1. The van der Waals surface area contributed by atoms with Crippen molar-refractivity contribution in [3.63, 3.8) is 0 Å². The fourth-order valence-electron chi connectivity index (χ4n) is 3.92. The number of benzene rings is 4. The summed E-state index contributed by atoms with van der Waals surface area (Å²) in [5, 5.41) is 8.13. The molecule has 10 heteroatoms. The van der Waals surface area contributed by atoms with Gasteiger partial charge in [0, 0.05) is 37.0 Å². The number of hydrogen-bond acceptors (Lipinski definition) is 6. The molecule has 4 rings (SSSR count). The van der Waals surface area contributed by atoms with E-state index in [0.29, 0.717) is 28.3 Å². The maximum Gasteiger partial charge on any atom is 0.272 e. The van der Waals surface area contributed by atoms with E-state index in [1.807, 2.05) is 37.3 Å². The summed E-state index contributed by atoms with van der Waals surface area (Å²) in [6.07, 6.45) is 1.55. The highest BCUT2D eigenvalue weighted by Crippen LogP contribution is 2.28. The van der Waals surface area contributed by atoms with Gasteiger partial charge in [0.1, 0.15) is 17.2 Å². The average Bonchev–Trinajstić information content (AvgIpc) is 3.02. The molecule has 8 nitrogen and oxygen atoms in total. The summed E-state index contributed by atoms with van der Waals surface area (Å²) in [4.78, 5) is 40.1.